The zero-order valence-electron chi connectivity index (χ0n) is 14.3. The second-order valence-electron chi connectivity index (χ2n) is 5.57. The van der Waals surface area contributed by atoms with E-state index in [2.05, 4.69) is 33.7 Å². The lowest BCUT2D eigenvalue weighted by Crippen LogP contribution is -2.41. The molecule has 0 aliphatic rings. The lowest BCUT2D eigenvalue weighted by atomic mass is 10.1. The number of carbonyl (C=O) groups is 2. The van der Waals surface area contributed by atoms with Crippen molar-refractivity contribution in [1.82, 2.24) is 10.9 Å². The van der Waals surface area contributed by atoms with Crippen molar-refractivity contribution in [3.8, 4) is 5.75 Å². The fourth-order valence-electron chi connectivity index (χ4n) is 2.09. The number of amides is 2. The Kier molecular flexibility index (Phi) is 7.01. The first-order valence-corrected chi connectivity index (χ1v) is 8.91. The van der Waals surface area contributed by atoms with Crippen LogP contribution in [0.4, 0.5) is 0 Å². The highest BCUT2D eigenvalue weighted by atomic mass is 79.9. The number of hydrogen-bond acceptors (Lipinski definition) is 3. The molecule has 25 heavy (non-hydrogen) atoms. The van der Waals surface area contributed by atoms with Crippen LogP contribution in [0.25, 0.3) is 0 Å². The number of hydrazine groups is 1. The van der Waals surface area contributed by atoms with Gasteiger partial charge in [0.05, 0.1) is 12.2 Å². The summed E-state index contributed by atoms with van der Waals surface area (Å²) >= 11 is 3.39. The predicted octanol–water partition coefficient (Wildman–Crippen LogP) is 4.01. The molecule has 0 fully saturated rings. The maximum atomic E-state index is 12.3. The fraction of sp³-hybridized carbons (Fsp3) is 0.263. The number of rotatable bonds is 6. The van der Waals surface area contributed by atoms with Gasteiger partial charge in [0.15, 0.2) is 0 Å². The largest absolute Gasteiger partial charge is 0.493 e. The Balaban J connectivity index is 2.00. The minimum absolute atomic E-state index is 0.379. The Hall–Kier alpha value is -2.34. The van der Waals surface area contributed by atoms with E-state index in [4.69, 9.17) is 4.74 Å². The number of benzene rings is 2. The van der Waals surface area contributed by atoms with Crippen molar-refractivity contribution < 1.29 is 14.3 Å². The molecule has 2 N–H and O–H groups in total. The number of para-hydroxylation sites is 1. The van der Waals surface area contributed by atoms with Gasteiger partial charge in [0, 0.05) is 10.0 Å². The van der Waals surface area contributed by atoms with Gasteiger partial charge in [-0.3, -0.25) is 20.4 Å². The van der Waals surface area contributed by atoms with Gasteiger partial charge in [-0.05, 0) is 43.2 Å². The van der Waals surface area contributed by atoms with E-state index in [1.807, 2.05) is 13.0 Å². The number of unbranched alkanes of at least 4 members (excludes halogenated alkanes) is 1. The molecule has 132 valence electrons. The zero-order valence-corrected chi connectivity index (χ0v) is 15.9. The molecule has 0 aliphatic carbocycles. The van der Waals surface area contributed by atoms with Crippen LogP contribution in [0.1, 0.15) is 46.0 Å². The highest BCUT2D eigenvalue weighted by molar-refractivity contribution is 9.10. The predicted molar refractivity (Wildman–Crippen MR) is 101 cm³/mol. The molecule has 0 radical (unpaired) electrons. The molecule has 0 saturated carbocycles. The third-order valence-electron chi connectivity index (χ3n) is 3.61. The SMILES string of the molecule is CCCCOc1ccccc1C(=O)NNC(=O)c1ccc(C)c(Br)c1. The molecule has 0 aromatic heterocycles. The summed E-state index contributed by atoms with van der Waals surface area (Å²) in [5.74, 6) is -0.314. The first kappa shape index (κ1) is 19.0. The molecule has 2 rings (SSSR count). The van der Waals surface area contributed by atoms with Crippen LogP contribution in [0.2, 0.25) is 0 Å². The smallest absolute Gasteiger partial charge is 0.273 e. The van der Waals surface area contributed by atoms with Crippen LogP contribution in [-0.4, -0.2) is 18.4 Å². The Labute approximate surface area is 155 Å². The maximum Gasteiger partial charge on any atom is 0.273 e. The Morgan fingerprint density at radius 2 is 1.80 bits per heavy atom. The molecule has 0 bridgehead atoms. The average Bonchev–Trinajstić information content (AvgIpc) is 2.62. The molecule has 0 unspecified atom stereocenters. The van der Waals surface area contributed by atoms with Crippen LogP contribution in [0.5, 0.6) is 5.75 Å². The third-order valence-corrected chi connectivity index (χ3v) is 4.47. The summed E-state index contributed by atoms with van der Waals surface area (Å²) in [4.78, 5) is 24.5. The molecule has 0 spiro atoms. The zero-order chi connectivity index (χ0) is 18.2. The van der Waals surface area contributed by atoms with E-state index >= 15 is 0 Å². The summed E-state index contributed by atoms with van der Waals surface area (Å²) in [7, 11) is 0. The van der Waals surface area contributed by atoms with Crippen LogP contribution < -0.4 is 15.6 Å². The second-order valence-corrected chi connectivity index (χ2v) is 6.42. The van der Waals surface area contributed by atoms with Crippen molar-refractivity contribution in [3.05, 3.63) is 63.6 Å². The summed E-state index contributed by atoms with van der Waals surface area (Å²) in [6.07, 6.45) is 1.92. The lowest BCUT2D eigenvalue weighted by molar-refractivity contribution is 0.0844. The quantitative estimate of drug-likeness (QED) is 0.564. The summed E-state index contributed by atoms with van der Waals surface area (Å²) in [5.41, 5.74) is 6.71. The number of aryl methyl sites for hydroxylation is 1. The number of nitrogens with one attached hydrogen (secondary N) is 2. The normalized spacial score (nSPS) is 10.2. The van der Waals surface area contributed by atoms with Gasteiger partial charge in [-0.1, -0.05) is 47.5 Å². The van der Waals surface area contributed by atoms with Crippen LogP contribution in [0.3, 0.4) is 0 Å². The minimum atomic E-state index is -0.424. The van der Waals surface area contributed by atoms with Gasteiger partial charge in [0.25, 0.3) is 11.8 Å². The Morgan fingerprint density at radius 3 is 2.52 bits per heavy atom. The van der Waals surface area contributed by atoms with E-state index < -0.39 is 11.8 Å². The third kappa shape index (κ3) is 5.32. The minimum Gasteiger partial charge on any atom is -0.493 e. The van der Waals surface area contributed by atoms with Crippen LogP contribution in [0, 0.1) is 6.92 Å². The number of halogens is 1. The topological polar surface area (TPSA) is 67.4 Å². The fourth-order valence-corrected chi connectivity index (χ4v) is 2.47. The van der Waals surface area contributed by atoms with E-state index in [0.29, 0.717) is 23.5 Å². The summed E-state index contributed by atoms with van der Waals surface area (Å²) in [6.45, 7) is 4.55. The molecular weight excluding hydrogens is 384 g/mol. The van der Waals surface area contributed by atoms with E-state index in [-0.39, 0.29) is 0 Å². The highest BCUT2D eigenvalue weighted by Crippen LogP contribution is 2.19. The molecule has 0 atom stereocenters. The lowest BCUT2D eigenvalue weighted by Gasteiger charge is -2.12. The van der Waals surface area contributed by atoms with Crippen molar-refractivity contribution >= 4 is 27.7 Å². The van der Waals surface area contributed by atoms with Gasteiger partial charge in [-0.2, -0.15) is 0 Å². The molecular formula is C19H21BrN2O3. The molecule has 2 amide bonds. The van der Waals surface area contributed by atoms with Crippen molar-refractivity contribution in [2.24, 2.45) is 0 Å². The van der Waals surface area contributed by atoms with E-state index in [1.165, 1.54) is 0 Å². The highest BCUT2D eigenvalue weighted by Gasteiger charge is 2.14. The van der Waals surface area contributed by atoms with Crippen molar-refractivity contribution in [2.45, 2.75) is 26.7 Å². The second kappa shape index (κ2) is 9.22. The van der Waals surface area contributed by atoms with Crippen molar-refractivity contribution in [3.63, 3.8) is 0 Å². The molecule has 6 heteroatoms. The maximum absolute atomic E-state index is 12.3. The Bertz CT molecular complexity index is 762. The van der Waals surface area contributed by atoms with Crippen molar-refractivity contribution in [1.29, 1.82) is 0 Å². The van der Waals surface area contributed by atoms with Crippen LogP contribution in [0.15, 0.2) is 46.9 Å². The molecule has 0 heterocycles. The van der Waals surface area contributed by atoms with Gasteiger partial charge in [0.2, 0.25) is 0 Å². The molecule has 0 saturated heterocycles. The number of carbonyl (C=O) groups excluding carboxylic acids is 2. The molecule has 2 aromatic carbocycles. The van der Waals surface area contributed by atoms with Gasteiger partial charge in [-0.25, -0.2) is 0 Å². The monoisotopic (exact) mass is 404 g/mol. The number of ether oxygens (including phenoxy) is 1. The average molecular weight is 405 g/mol. The van der Waals surface area contributed by atoms with Crippen molar-refractivity contribution in [2.75, 3.05) is 6.61 Å². The van der Waals surface area contributed by atoms with Crippen LogP contribution in [-0.2, 0) is 0 Å². The van der Waals surface area contributed by atoms with Gasteiger partial charge in [0.1, 0.15) is 5.75 Å². The van der Waals surface area contributed by atoms with E-state index in [1.54, 1.807) is 36.4 Å². The Morgan fingerprint density at radius 1 is 1.08 bits per heavy atom. The summed E-state index contributed by atoms with van der Waals surface area (Å²) < 4.78 is 6.47. The summed E-state index contributed by atoms with van der Waals surface area (Å²) in [6, 6.07) is 12.2. The van der Waals surface area contributed by atoms with Gasteiger partial charge in [-0.15, -0.1) is 0 Å². The van der Waals surface area contributed by atoms with Crippen LogP contribution >= 0.6 is 15.9 Å². The van der Waals surface area contributed by atoms with E-state index in [9.17, 15) is 9.59 Å². The van der Waals surface area contributed by atoms with E-state index in [0.717, 1.165) is 22.9 Å². The van der Waals surface area contributed by atoms with Gasteiger partial charge >= 0.3 is 0 Å². The molecule has 0 aliphatic heterocycles. The first-order chi connectivity index (χ1) is 12.0. The summed E-state index contributed by atoms with van der Waals surface area (Å²) in [5, 5.41) is 0. The molecule has 2 aromatic rings. The molecule has 5 nitrogen and oxygen atoms in total. The standard InChI is InChI=1S/C19H21BrN2O3/c1-3-4-11-25-17-8-6-5-7-15(17)19(24)22-21-18(23)14-10-9-13(2)16(20)12-14/h5-10,12H,3-4,11H2,1-2H3,(H,21,23)(H,22,24). The first-order valence-electron chi connectivity index (χ1n) is 8.11. The van der Waals surface area contributed by atoms with Gasteiger partial charge < -0.3 is 4.74 Å². The number of hydrogen-bond donors (Lipinski definition) is 2.